The number of rotatable bonds is 4. The maximum atomic E-state index is 11.4. The number of pyridine rings is 1. The highest BCUT2D eigenvalue weighted by molar-refractivity contribution is 5.95. The van der Waals surface area contributed by atoms with E-state index >= 15 is 0 Å². The van der Waals surface area contributed by atoms with Crippen LogP contribution in [-0.4, -0.2) is 28.6 Å². The second kappa shape index (κ2) is 6.57. The zero-order valence-corrected chi connectivity index (χ0v) is 13.9. The molecule has 1 aliphatic heterocycles. The van der Waals surface area contributed by atoms with Crippen LogP contribution in [-0.2, 0) is 11.2 Å². The molecule has 1 aromatic carbocycles. The van der Waals surface area contributed by atoms with Crippen LogP contribution in [0.5, 0.6) is 0 Å². The number of nitrogens with zero attached hydrogens (tertiary/aromatic N) is 2. The second-order valence-corrected chi connectivity index (χ2v) is 6.36. The van der Waals surface area contributed by atoms with Gasteiger partial charge in [-0.05, 0) is 38.7 Å². The predicted molar refractivity (Wildman–Crippen MR) is 93.1 cm³/mol. The molecule has 1 unspecified atom stereocenters. The Morgan fingerprint density at radius 2 is 2.13 bits per heavy atom. The first kappa shape index (κ1) is 15.8. The van der Waals surface area contributed by atoms with E-state index in [1.54, 1.807) is 0 Å². The standard InChI is InChI=1S/C19H24N2O2/c1-3-14-8-6-7-11-21(14)19-15-9-4-5-10-17(15)20-13(2)16(19)12-18(22)23/h4-5,9-10,14H,3,6-8,11-12H2,1-2H3,(H,22,23). The summed E-state index contributed by atoms with van der Waals surface area (Å²) < 4.78 is 0. The number of anilines is 1. The van der Waals surface area contributed by atoms with Crippen LogP contribution in [0.3, 0.4) is 0 Å². The van der Waals surface area contributed by atoms with Crippen LogP contribution in [0.4, 0.5) is 5.69 Å². The molecule has 1 aromatic heterocycles. The van der Waals surface area contributed by atoms with Crippen molar-refractivity contribution in [2.75, 3.05) is 11.4 Å². The lowest BCUT2D eigenvalue weighted by molar-refractivity contribution is -0.136. The average Bonchev–Trinajstić information content (AvgIpc) is 2.55. The van der Waals surface area contributed by atoms with Crippen LogP contribution >= 0.6 is 0 Å². The van der Waals surface area contributed by atoms with Crippen molar-refractivity contribution in [3.8, 4) is 0 Å². The van der Waals surface area contributed by atoms with E-state index in [2.05, 4.69) is 22.9 Å². The van der Waals surface area contributed by atoms with Crippen molar-refractivity contribution in [2.45, 2.75) is 52.0 Å². The monoisotopic (exact) mass is 312 g/mol. The Balaban J connectivity index is 2.23. The Morgan fingerprint density at radius 3 is 2.87 bits per heavy atom. The van der Waals surface area contributed by atoms with Crippen molar-refractivity contribution in [1.29, 1.82) is 0 Å². The minimum atomic E-state index is -0.795. The van der Waals surface area contributed by atoms with Crippen molar-refractivity contribution in [3.05, 3.63) is 35.5 Å². The molecule has 0 amide bonds. The van der Waals surface area contributed by atoms with E-state index in [-0.39, 0.29) is 6.42 Å². The molecule has 0 saturated carbocycles. The van der Waals surface area contributed by atoms with Crippen LogP contribution in [0.2, 0.25) is 0 Å². The molecule has 1 atom stereocenters. The van der Waals surface area contributed by atoms with Crippen LogP contribution in [0.15, 0.2) is 24.3 Å². The number of hydrogen-bond acceptors (Lipinski definition) is 3. The summed E-state index contributed by atoms with van der Waals surface area (Å²) in [6.45, 7) is 5.15. The summed E-state index contributed by atoms with van der Waals surface area (Å²) in [4.78, 5) is 18.5. The molecule has 4 nitrogen and oxygen atoms in total. The number of fused-ring (bicyclic) bond motifs is 1. The predicted octanol–water partition coefficient (Wildman–Crippen LogP) is 3.94. The lowest BCUT2D eigenvalue weighted by Gasteiger charge is -2.39. The first-order chi connectivity index (χ1) is 11.1. The number of para-hydroxylation sites is 1. The highest BCUT2D eigenvalue weighted by Gasteiger charge is 2.26. The molecule has 3 rings (SSSR count). The fourth-order valence-corrected chi connectivity index (χ4v) is 3.76. The first-order valence-corrected chi connectivity index (χ1v) is 8.48. The fourth-order valence-electron chi connectivity index (χ4n) is 3.76. The largest absolute Gasteiger partial charge is 0.481 e. The topological polar surface area (TPSA) is 53.4 Å². The van der Waals surface area contributed by atoms with E-state index in [9.17, 15) is 9.90 Å². The summed E-state index contributed by atoms with van der Waals surface area (Å²) in [6.07, 6.45) is 4.72. The SMILES string of the molecule is CCC1CCCCN1c1c(CC(=O)O)c(C)nc2ccccc12. The smallest absolute Gasteiger partial charge is 0.307 e. The highest BCUT2D eigenvalue weighted by Crippen LogP contribution is 2.36. The Hall–Kier alpha value is -2.10. The van der Waals surface area contributed by atoms with Gasteiger partial charge in [-0.3, -0.25) is 9.78 Å². The van der Waals surface area contributed by atoms with E-state index < -0.39 is 5.97 Å². The van der Waals surface area contributed by atoms with Gasteiger partial charge in [0.05, 0.1) is 17.6 Å². The van der Waals surface area contributed by atoms with Gasteiger partial charge >= 0.3 is 5.97 Å². The third-order valence-corrected chi connectivity index (χ3v) is 4.88. The van der Waals surface area contributed by atoms with E-state index in [1.807, 2.05) is 25.1 Å². The maximum absolute atomic E-state index is 11.4. The van der Waals surface area contributed by atoms with Crippen molar-refractivity contribution in [3.63, 3.8) is 0 Å². The summed E-state index contributed by atoms with van der Waals surface area (Å²) in [7, 11) is 0. The fraction of sp³-hybridized carbons (Fsp3) is 0.474. The normalized spacial score (nSPS) is 18.3. The van der Waals surface area contributed by atoms with Gasteiger partial charge < -0.3 is 10.0 Å². The van der Waals surface area contributed by atoms with E-state index in [1.165, 1.54) is 19.3 Å². The molecule has 1 aliphatic rings. The molecule has 0 spiro atoms. The maximum Gasteiger partial charge on any atom is 0.307 e. The van der Waals surface area contributed by atoms with Gasteiger partial charge in [0.1, 0.15) is 0 Å². The van der Waals surface area contributed by atoms with Gasteiger partial charge in [-0.25, -0.2) is 0 Å². The number of carboxylic acid groups (broad SMARTS) is 1. The lowest BCUT2D eigenvalue weighted by atomic mass is 9.95. The zero-order valence-electron chi connectivity index (χ0n) is 13.9. The number of aromatic nitrogens is 1. The number of piperidine rings is 1. The number of aryl methyl sites for hydroxylation is 1. The van der Waals surface area contributed by atoms with E-state index in [0.29, 0.717) is 6.04 Å². The molecule has 122 valence electrons. The molecule has 0 aliphatic carbocycles. The quantitative estimate of drug-likeness (QED) is 0.929. The van der Waals surface area contributed by atoms with Crippen LogP contribution in [0.1, 0.15) is 43.9 Å². The number of hydrogen-bond donors (Lipinski definition) is 1. The van der Waals surface area contributed by atoms with Crippen LogP contribution in [0, 0.1) is 6.92 Å². The average molecular weight is 312 g/mol. The third-order valence-electron chi connectivity index (χ3n) is 4.88. The number of carboxylic acids is 1. The summed E-state index contributed by atoms with van der Waals surface area (Å²) >= 11 is 0. The van der Waals surface area contributed by atoms with Crippen molar-refractivity contribution < 1.29 is 9.90 Å². The van der Waals surface area contributed by atoms with Gasteiger partial charge in [0.2, 0.25) is 0 Å². The van der Waals surface area contributed by atoms with Gasteiger partial charge in [0.25, 0.3) is 0 Å². The van der Waals surface area contributed by atoms with E-state index in [0.717, 1.165) is 40.8 Å². The number of carbonyl (C=O) groups is 1. The van der Waals surface area contributed by atoms with Crippen molar-refractivity contribution in [2.24, 2.45) is 0 Å². The molecule has 1 N–H and O–H groups in total. The number of aliphatic carboxylic acids is 1. The Morgan fingerprint density at radius 1 is 1.35 bits per heavy atom. The minimum absolute atomic E-state index is 0.0337. The molecule has 1 fully saturated rings. The summed E-state index contributed by atoms with van der Waals surface area (Å²) in [5.41, 5.74) is 3.76. The molecular formula is C19H24N2O2. The van der Waals surface area contributed by atoms with Gasteiger partial charge in [-0.1, -0.05) is 25.1 Å². The van der Waals surface area contributed by atoms with Gasteiger partial charge in [0.15, 0.2) is 0 Å². The van der Waals surface area contributed by atoms with Gasteiger partial charge in [-0.15, -0.1) is 0 Å². The second-order valence-electron chi connectivity index (χ2n) is 6.36. The molecule has 1 saturated heterocycles. The third kappa shape index (κ3) is 3.03. The molecule has 2 heterocycles. The zero-order chi connectivity index (χ0) is 16.4. The minimum Gasteiger partial charge on any atom is -0.481 e. The van der Waals surface area contributed by atoms with E-state index in [4.69, 9.17) is 0 Å². The molecular weight excluding hydrogens is 288 g/mol. The summed E-state index contributed by atoms with van der Waals surface area (Å²) in [6, 6.07) is 8.58. The summed E-state index contributed by atoms with van der Waals surface area (Å²) in [5, 5.41) is 10.4. The van der Waals surface area contributed by atoms with Crippen molar-refractivity contribution in [1.82, 2.24) is 4.98 Å². The Kier molecular flexibility index (Phi) is 4.51. The Labute approximate surface area is 137 Å². The van der Waals surface area contributed by atoms with Gasteiger partial charge in [0, 0.05) is 29.2 Å². The van der Waals surface area contributed by atoms with Crippen molar-refractivity contribution >= 4 is 22.6 Å². The Bertz CT molecular complexity index is 727. The molecule has 0 bridgehead atoms. The summed E-state index contributed by atoms with van der Waals surface area (Å²) in [5.74, 6) is -0.795. The molecule has 0 radical (unpaired) electrons. The van der Waals surface area contributed by atoms with Crippen LogP contribution in [0.25, 0.3) is 10.9 Å². The number of benzene rings is 1. The highest BCUT2D eigenvalue weighted by atomic mass is 16.4. The lowest BCUT2D eigenvalue weighted by Crippen LogP contribution is -2.40. The van der Waals surface area contributed by atoms with Crippen LogP contribution < -0.4 is 4.90 Å². The first-order valence-electron chi connectivity index (χ1n) is 8.48. The van der Waals surface area contributed by atoms with Gasteiger partial charge in [-0.2, -0.15) is 0 Å². The molecule has 2 aromatic rings. The molecule has 4 heteroatoms. The molecule has 23 heavy (non-hydrogen) atoms.